The van der Waals surface area contributed by atoms with Gasteiger partial charge in [0.05, 0.1) is 24.9 Å². The lowest BCUT2D eigenvalue weighted by Gasteiger charge is -2.29. The van der Waals surface area contributed by atoms with Crippen LogP contribution in [0.2, 0.25) is 0 Å². The third-order valence-corrected chi connectivity index (χ3v) is 4.85. The van der Waals surface area contributed by atoms with Crippen molar-refractivity contribution in [3.63, 3.8) is 0 Å². The Hall–Kier alpha value is -0.660. The van der Waals surface area contributed by atoms with Crippen molar-refractivity contribution in [3.8, 4) is 0 Å². The summed E-state index contributed by atoms with van der Waals surface area (Å²) in [5, 5.41) is 0. The Balaban J connectivity index is 2.46. The molecular weight excluding hydrogens is 258 g/mol. The van der Waals surface area contributed by atoms with E-state index >= 15 is 0 Å². The van der Waals surface area contributed by atoms with Crippen LogP contribution in [0.15, 0.2) is 0 Å². The molecule has 0 amide bonds. The Morgan fingerprint density at radius 3 is 2.44 bits per heavy atom. The zero-order valence-corrected chi connectivity index (χ0v) is 11.7. The van der Waals surface area contributed by atoms with Gasteiger partial charge in [-0.2, -0.15) is 0 Å². The number of esters is 1. The van der Waals surface area contributed by atoms with Crippen molar-refractivity contribution in [1.82, 2.24) is 4.31 Å². The molecule has 0 unspecified atom stereocenters. The van der Waals surface area contributed by atoms with Gasteiger partial charge in [0.15, 0.2) is 0 Å². The van der Waals surface area contributed by atoms with Gasteiger partial charge in [-0.05, 0) is 19.8 Å². The van der Waals surface area contributed by atoms with Crippen molar-refractivity contribution in [1.29, 1.82) is 0 Å². The summed E-state index contributed by atoms with van der Waals surface area (Å²) in [5.41, 5.74) is 0. The largest absolute Gasteiger partial charge is 0.466 e. The molecule has 0 aliphatic carbocycles. The third kappa shape index (κ3) is 4.22. The summed E-state index contributed by atoms with van der Waals surface area (Å²) >= 11 is 0. The second-order valence-electron chi connectivity index (χ2n) is 4.23. The number of hydrogen-bond acceptors (Lipinski definition) is 5. The number of nitrogens with zero attached hydrogens (tertiary/aromatic N) is 1. The van der Waals surface area contributed by atoms with E-state index in [-0.39, 0.29) is 24.2 Å². The minimum Gasteiger partial charge on any atom is -0.466 e. The SMILES string of the molecule is CCOC(=O)C1CCN(S(=O)(=O)CCOC)CC1. The van der Waals surface area contributed by atoms with Crippen LogP contribution in [-0.2, 0) is 24.3 Å². The van der Waals surface area contributed by atoms with Crippen molar-refractivity contribution < 1.29 is 22.7 Å². The molecule has 1 heterocycles. The van der Waals surface area contributed by atoms with E-state index in [4.69, 9.17) is 9.47 Å². The quantitative estimate of drug-likeness (QED) is 0.651. The molecule has 0 saturated carbocycles. The first-order valence-corrected chi connectivity index (χ1v) is 7.75. The zero-order valence-electron chi connectivity index (χ0n) is 10.9. The van der Waals surface area contributed by atoms with Gasteiger partial charge in [-0.1, -0.05) is 0 Å². The fraction of sp³-hybridized carbons (Fsp3) is 0.909. The van der Waals surface area contributed by atoms with E-state index in [0.717, 1.165) is 0 Å². The summed E-state index contributed by atoms with van der Waals surface area (Å²) in [6.07, 6.45) is 1.07. The van der Waals surface area contributed by atoms with Crippen molar-refractivity contribution in [2.45, 2.75) is 19.8 Å². The minimum atomic E-state index is -3.25. The Bertz CT molecular complexity index is 360. The van der Waals surface area contributed by atoms with Crippen LogP contribution in [0, 0.1) is 5.92 Å². The van der Waals surface area contributed by atoms with E-state index in [9.17, 15) is 13.2 Å². The summed E-state index contributed by atoms with van der Waals surface area (Å²) in [4.78, 5) is 11.5. The lowest BCUT2D eigenvalue weighted by molar-refractivity contribution is -0.149. The van der Waals surface area contributed by atoms with Gasteiger partial charge in [-0.3, -0.25) is 4.79 Å². The van der Waals surface area contributed by atoms with Gasteiger partial charge in [0, 0.05) is 20.2 Å². The van der Waals surface area contributed by atoms with Crippen LogP contribution in [0.1, 0.15) is 19.8 Å². The molecule has 0 aromatic heterocycles. The lowest BCUT2D eigenvalue weighted by Crippen LogP contribution is -2.42. The van der Waals surface area contributed by atoms with Gasteiger partial charge in [-0.25, -0.2) is 12.7 Å². The van der Waals surface area contributed by atoms with Crippen LogP contribution in [0.4, 0.5) is 0 Å². The van der Waals surface area contributed by atoms with E-state index in [2.05, 4.69) is 0 Å². The molecule has 1 rings (SSSR count). The monoisotopic (exact) mass is 279 g/mol. The highest BCUT2D eigenvalue weighted by Gasteiger charge is 2.31. The number of hydrogen-bond donors (Lipinski definition) is 0. The van der Waals surface area contributed by atoms with Crippen LogP contribution in [-0.4, -0.2) is 57.9 Å². The van der Waals surface area contributed by atoms with E-state index in [1.165, 1.54) is 11.4 Å². The molecule has 0 radical (unpaired) electrons. The molecule has 0 N–H and O–H groups in total. The minimum absolute atomic E-state index is 0.00638. The topological polar surface area (TPSA) is 72.9 Å². The Morgan fingerprint density at radius 1 is 1.33 bits per heavy atom. The second-order valence-corrected chi connectivity index (χ2v) is 6.32. The van der Waals surface area contributed by atoms with Gasteiger partial charge >= 0.3 is 5.97 Å². The van der Waals surface area contributed by atoms with E-state index in [1.54, 1.807) is 6.92 Å². The molecule has 0 bridgehead atoms. The molecule has 106 valence electrons. The fourth-order valence-electron chi connectivity index (χ4n) is 1.95. The highest BCUT2D eigenvalue weighted by molar-refractivity contribution is 7.89. The van der Waals surface area contributed by atoms with Crippen LogP contribution in [0.25, 0.3) is 0 Å². The molecule has 1 fully saturated rings. The molecule has 18 heavy (non-hydrogen) atoms. The first kappa shape index (κ1) is 15.4. The second kappa shape index (κ2) is 7.06. The van der Waals surface area contributed by atoms with Crippen molar-refractivity contribution in [2.75, 3.05) is 39.2 Å². The average molecular weight is 279 g/mol. The number of piperidine rings is 1. The van der Waals surface area contributed by atoms with Gasteiger partial charge in [0.25, 0.3) is 0 Å². The number of methoxy groups -OCH3 is 1. The first-order valence-electron chi connectivity index (χ1n) is 6.14. The number of rotatable bonds is 6. The first-order chi connectivity index (χ1) is 8.51. The maximum Gasteiger partial charge on any atom is 0.309 e. The van der Waals surface area contributed by atoms with Crippen LogP contribution < -0.4 is 0 Å². The Labute approximate surface area is 108 Å². The molecule has 0 aromatic carbocycles. The molecule has 1 aliphatic rings. The number of carbonyl (C=O) groups is 1. The molecule has 7 heteroatoms. The van der Waals surface area contributed by atoms with Gasteiger partial charge < -0.3 is 9.47 Å². The maximum atomic E-state index is 11.9. The highest BCUT2D eigenvalue weighted by Crippen LogP contribution is 2.21. The normalized spacial score (nSPS) is 18.8. The molecule has 6 nitrogen and oxygen atoms in total. The molecular formula is C11H21NO5S. The average Bonchev–Trinajstić information content (AvgIpc) is 2.37. The number of carbonyl (C=O) groups excluding carboxylic acids is 1. The number of sulfonamides is 1. The summed E-state index contributed by atoms with van der Waals surface area (Å²) in [6, 6.07) is 0. The van der Waals surface area contributed by atoms with E-state index < -0.39 is 10.0 Å². The highest BCUT2D eigenvalue weighted by atomic mass is 32.2. The molecule has 1 aliphatic heterocycles. The molecule has 0 spiro atoms. The molecule has 0 atom stereocenters. The summed E-state index contributed by atoms with van der Waals surface area (Å²) < 4.78 is 34.9. The predicted octanol–water partition coefficient (Wildman–Crippen LogP) is 0.238. The maximum absolute atomic E-state index is 11.9. The summed E-state index contributed by atoms with van der Waals surface area (Å²) in [7, 11) is -1.78. The molecule has 1 saturated heterocycles. The molecule has 0 aromatic rings. The third-order valence-electron chi connectivity index (χ3n) is 3.01. The van der Waals surface area contributed by atoms with Crippen molar-refractivity contribution in [3.05, 3.63) is 0 Å². The summed E-state index contributed by atoms with van der Waals surface area (Å²) in [6.45, 7) is 3.10. The van der Waals surface area contributed by atoms with Gasteiger partial charge in [0.2, 0.25) is 10.0 Å². The zero-order chi connectivity index (χ0) is 13.6. The van der Waals surface area contributed by atoms with Crippen molar-refractivity contribution >= 4 is 16.0 Å². The Morgan fingerprint density at radius 2 is 1.94 bits per heavy atom. The smallest absolute Gasteiger partial charge is 0.309 e. The predicted molar refractivity (Wildman–Crippen MR) is 66.6 cm³/mol. The Kier molecular flexibility index (Phi) is 6.04. The van der Waals surface area contributed by atoms with Crippen LogP contribution >= 0.6 is 0 Å². The van der Waals surface area contributed by atoms with Crippen molar-refractivity contribution in [2.24, 2.45) is 5.92 Å². The van der Waals surface area contributed by atoms with Crippen LogP contribution in [0.5, 0.6) is 0 Å². The van der Waals surface area contributed by atoms with Gasteiger partial charge in [-0.15, -0.1) is 0 Å². The summed E-state index contributed by atoms with van der Waals surface area (Å²) in [5.74, 6) is -0.390. The fourth-order valence-corrected chi connectivity index (χ4v) is 3.35. The van der Waals surface area contributed by atoms with Gasteiger partial charge in [0.1, 0.15) is 0 Å². The lowest BCUT2D eigenvalue weighted by atomic mass is 9.98. The van der Waals surface area contributed by atoms with Crippen LogP contribution in [0.3, 0.4) is 0 Å². The van der Waals surface area contributed by atoms with E-state index in [0.29, 0.717) is 32.5 Å². The standard InChI is InChI=1S/C11H21NO5S/c1-3-17-11(13)10-4-6-12(7-5-10)18(14,15)9-8-16-2/h10H,3-9H2,1-2H3. The number of ether oxygens (including phenoxy) is 2. The van der Waals surface area contributed by atoms with E-state index in [1.807, 2.05) is 0 Å².